The number of benzene rings is 15. The molecule has 1 N–H and O–H groups in total. The van der Waals surface area contributed by atoms with Gasteiger partial charge in [0.2, 0.25) is 0 Å². The minimum Gasteiger partial charge on any atom is -0.508 e. The predicted molar refractivity (Wildman–Crippen MR) is 566 cm³/mol. The Hall–Kier alpha value is -16.0. The van der Waals surface area contributed by atoms with Gasteiger partial charge in [-0.2, -0.15) is 6.07 Å². The topological polar surface area (TPSA) is 146 Å². The number of hydrogen-bond acceptors (Lipinski definition) is 9. The maximum absolute atomic E-state index is 10.1. The van der Waals surface area contributed by atoms with Crippen molar-refractivity contribution in [2.45, 2.75) is 57.8 Å². The van der Waals surface area contributed by atoms with Crippen molar-refractivity contribution in [1.29, 1.82) is 0 Å². The first kappa shape index (κ1) is 94.0. The quantitative estimate of drug-likeness (QED) is 0.0782. The smallest absolute Gasteiger partial charge is 0.508 e. The van der Waals surface area contributed by atoms with E-state index < -0.39 is 0 Å². The van der Waals surface area contributed by atoms with Gasteiger partial charge in [-0.1, -0.05) is 294 Å². The first-order chi connectivity index (χ1) is 68.0. The van der Waals surface area contributed by atoms with Gasteiger partial charge in [-0.15, -0.1) is 41.3 Å². The van der Waals surface area contributed by atoms with Gasteiger partial charge in [-0.3, -0.25) is 23.3 Å². The fraction of sp³-hybridized carbons (Fsp3) is 0.0732. The van der Waals surface area contributed by atoms with Crippen LogP contribution < -0.4 is 9.47 Å². The Bertz CT molecular complexity index is 8200. The molecule has 0 saturated carbocycles. The summed E-state index contributed by atoms with van der Waals surface area (Å²) in [5.41, 5.74) is 19.1. The number of nitrogens with zero attached hydrogens (tertiary/aromatic N) is 12. The summed E-state index contributed by atoms with van der Waals surface area (Å²) in [5, 5.41) is 16.9. The molecule has 0 bridgehead atoms. The van der Waals surface area contributed by atoms with E-state index in [1.807, 2.05) is 200 Å². The van der Waals surface area contributed by atoms with Gasteiger partial charge in [0.05, 0.1) is 27.9 Å². The average molecular weight is 2260 g/mol. The number of pyridine rings is 3. The number of ether oxygens (including phenoxy) is 2. The molecule has 15 aromatic carbocycles. The fourth-order valence-electron chi connectivity index (χ4n) is 18.6. The Kier molecular flexibility index (Phi) is 27.3. The SMILES string of the molecule is Brc1cccc(-c2nccn2-c2ccccc2)c1.CC(C)(c1ccccc1)c1ccnc(-n2c3[c-]c(Oc4[c-]c(-c5nccn5-c5ccccc5)ccc4)ccc3c3ccccc32)c1.CC(C)(c1ccccc1)c1ccnc(-n2c3ccccc3c3ccc(O)cc32)c1.CC(C)(c1ccccc1)c1ccnc(-n2c3ccccc3c3ccc(Oc4cccc(-c5nccn5-c5ccccc5)c4)cc32)c1.[Pt+2].[Pt]. The predicted octanol–water partition coefficient (Wildman–Crippen LogP) is 30.4. The van der Waals surface area contributed by atoms with E-state index in [1.165, 1.54) is 38.8 Å². The second-order valence-electron chi connectivity index (χ2n) is 35.7. The molecule has 141 heavy (non-hydrogen) atoms. The van der Waals surface area contributed by atoms with Crippen LogP contribution in [0.5, 0.6) is 28.7 Å². The number of halogens is 1. The van der Waals surface area contributed by atoms with Crippen molar-refractivity contribution in [3.05, 3.63) is 512 Å². The summed E-state index contributed by atoms with van der Waals surface area (Å²) < 4.78 is 26.8. The first-order valence-electron chi connectivity index (χ1n) is 46.3. The summed E-state index contributed by atoms with van der Waals surface area (Å²) in [7, 11) is 0. The summed E-state index contributed by atoms with van der Waals surface area (Å²) in [6.45, 7) is 13.5. The fourth-order valence-corrected chi connectivity index (χ4v) is 19.0. The van der Waals surface area contributed by atoms with Gasteiger partial charge in [0.25, 0.3) is 0 Å². The third-order valence-corrected chi connectivity index (χ3v) is 26.6. The molecule has 9 heterocycles. The number of phenols is 1. The Balaban J connectivity index is 0.000000125. The summed E-state index contributed by atoms with van der Waals surface area (Å²) in [6.07, 6.45) is 17.1. The average Bonchev–Trinajstić information content (AvgIpc) is 1.60. The van der Waals surface area contributed by atoms with Crippen molar-refractivity contribution in [3.8, 4) is 97.4 Å². The van der Waals surface area contributed by atoms with Gasteiger partial charge >= 0.3 is 21.1 Å². The zero-order chi connectivity index (χ0) is 94.6. The maximum atomic E-state index is 10.1. The van der Waals surface area contributed by atoms with E-state index in [2.05, 4.69) is 362 Å². The Morgan fingerprint density at radius 3 is 1.13 bits per heavy atom. The molecular formula is C123H95BrN12O3Pt2. The van der Waals surface area contributed by atoms with Crippen molar-refractivity contribution >= 4 is 81.3 Å². The Morgan fingerprint density at radius 2 is 0.645 bits per heavy atom. The molecule has 0 radical (unpaired) electrons. The van der Waals surface area contributed by atoms with Gasteiger partial charge in [-0.05, 0) is 178 Å². The number of phenolic OH excluding ortho intramolecular Hbond substituents is 1. The molecule has 15 nitrogen and oxygen atoms in total. The molecule has 24 aromatic rings. The van der Waals surface area contributed by atoms with E-state index in [0.717, 1.165) is 145 Å². The second kappa shape index (κ2) is 41.0. The van der Waals surface area contributed by atoms with E-state index in [4.69, 9.17) is 24.4 Å². The van der Waals surface area contributed by atoms with E-state index in [1.54, 1.807) is 12.3 Å². The molecule has 0 aliphatic rings. The van der Waals surface area contributed by atoms with E-state index in [-0.39, 0.29) is 64.1 Å². The number of aromatic hydroxyl groups is 1. The molecule has 0 atom stereocenters. The molecule has 9 aromatic heterocycles. The van der Waals surface area contributed by atoms with Crippen LogP contribution in [0.2, 0.25) is 0 Å². The summed E-state index contributed by atoms with van der Waals surface area (Å²) >= 11 is 3.49. The molecule has 0 fully saturated rings. The summed E-state index contributed by atoms with van der Waals surface area (Å²) in [4.78, 5) is 28.2. The van der Waals surface area contributed by atoms with Crippen LogP contribution in [0.4, 0.5) is 0 Å². The van der Waals surface area contributed by atoms with Gasteiger partial charge in [0, 0.05) is 176 Å². The van der Waals surface area contributed by atoms with Gasteiger partial charge < -0.3 is 23.7 Å². The maximum Gasteiger partial charge on any atom is 2.00 e. The van der Waals surface area contributed by atoms with E-state index in [0.29, 0.717) is 11.5 Å². The molecule has 692 valence electrons. The first-order valence-corrected chi connectivity index (χ1v) is 47.1. The number of imidazole rings is 3. The van der Waals surface area contributed by atoms with Gasteiger partial charge in [-0.25, -0.2) is 24.9 Å². The molecule has 0 unspecified atom stereocenters. The van der Waals surface area contributed by atoms with Crippen molar-refractivity contribution < 1.29 is 56.7 Å². The van der Waals surface area contributed by atoms with Crippen LogP contribution in [-0.2, 0) is 58.4 Å². The third kappa shape index (κ3) is 19.2. The molecule has 24 rings (SSSR count). The minimum absolute atomic E-state index is 0. The van der Waals surface area contributed by atoms with Crippen LogP contribution in [0.3, 0.4) is 0 Å². The van der Waals surface area contributed by atoms with Crippen molar-refractivity contribution in [2.75, 3.05) is 0 Å². The number of hydrogen-bond donors (Lipinski definition) is 1. The molecule has 0 aliphatic carbocycles. The van der Waals surface area contributed by atoms with Crippen LogP contribution >= 0.6 is 15.9 Å². The number of aromatic nitrogens is 12. The number of fused-ring (bicyclic) bond motifs is 9. The van der Waals surface area contributed by atoms with E-state index in [9.17, 15) is 5.11 Å². The molecular weight excluding hydrogens is 2160 g/mol. The minimum atomic E-state index is -0.203. The summed E-state index contributed by atoms with van der Waals surface area (Å²) in [5.74, 6) is 8.08. The van der Waals surface area contributed by atoms with Crippen LogP contribution in [0.15, 0.2) is 467 Å². The standard InChI is InChI=1S/C41H32N4O.C41H30N4O.C26H22N2O.C15H11BrN2.2Pt/c2*1-41(2,30-13-5-3-6-14-30)31-22-23-42-39(27-31)45-37-19-10-9-18-35(37)36-21-20-34(28-38(36)45)46-33-17-11-12-29(26-33)40-43-24-25-44(40)32-15-7-4-8-16-32;1-26(2,18-8-4-3-5-9-18)19-14-15-27-25(16-19)28-23-11-7-6-10-21(23)22-13-12-20(29)17-24(22)28;16-13-6-4-5-12(11-13)15-17-9-10-18(15)14-7-2-1-3-8-14;;/h3-28H,1-2H3;3-25,27H,1-2H3;3-17,29H,1-2H3;1-11H;;/q;-2;;;;+2. The largest absolute Gasteiger partial charge is 2.00 e. The van der Waals surface area contributed by atoms with Crippen LogP contribution in [0.1, 0.15) is 74.9 Å². The zero-order valence-corrected chi connectivity index (χ0v) is 84.1. The molecule has 18 heteroatoms. The molecule has 0 aliphatic heterocycles. The number of rotatable bonds is 19. The van der Waals surface area contributed by atoms with E-state index >= 15 is 0 Å². The molecule has 0 saturated heterocycles. The molecule has 0 amide bonds. The third-order valence-electron chi connectivity index (χ3n) is 26.1. The Morgan fingerprint density at radius 1 is 0.277 bits per heavy atom. The Labute approximate surface area is 855 Å². The van der Waals surface area contributed by atoms with Crippen LogP contribution in [0, 0.1) is 12.1 Å². The normalized spacial score (nSPS) is 11.4. The summed E-state index contributed by atoms with van der Waals surface area (Å²) in [6, 6.07) is 145. The molecule has 0 spiro atoms. The zero-order valence-electron chi connectivity index (χ0n) is 78.0. The number of para-hydroxylation sites is 6. The van der Waals surface area contributed by atoms with Crippen LogP contribution in [-0.4, -0.2) is 62.4 Å². The van der Waals surface area contributed by atoms with Crippen LogP contribution in [0.25, 0.3) is 134 Å². The van der Waals surface area contributed by atoms with Crippen molar-refractivity contribution in [1.82, 2.24) is 57.3 Å². The van der Waals surface area contributed by atoms with Crippen molar-refractivity contribution in [2.24, 2.45) is 0 Å². The van der Waals surface area contributed by atoms with Gasteiger partial charge in [0.1, 0.15) is 46.4 Å². The monoisotopic (exact) mass is 2260 g/mol. The van der Waals surface area contributed by atoms with Crippen molar-refractivity contribution in [3.63, 3.8) is 0 Å². The second-order valence-corrected chi connectivity index (χ2v) is 36.7. The van der Waals surface area contributed by atoms with Gasteiger partial charge in [0.15, 0.2) is 0 Å².